The Morgan fingerprint density at radius 1 is 1.13 bits per heavy atom. The molecule has 1 aliphatic carbocycles. The molecular formula is C21H22N8O. The number of benzene rings is 1. The molecule has 1 fully saturated rings. The van der Waals surface area contributed by atoms with Crippen LogP contribution >= 0.6 is 0 Å². The van der Waals surface area contributed by atoms with E-state index in [2.05, 4.69) is 20.4 Å². The van der Waals surface area contributed by atoms with Gasteiger partial charge < -0.3 is 15.8 Å². The predicted octanol–water partition coefficient (Wildman–Crippen LogP) is 1.97. The van der Waals surface area contributed by atoms with Crippen molar-refractivity contribution in [3.05, 3.63) is 47.3 Å². The number of para-hydroxylation sites is 1. The maximum absolute atomic E-state index is 6.17. The lowest BCUT2D eigenvalue weighted by molar-refractivity contribution is 0.324. The molecule has 2 aliphatic rings. The maximum atomic E-state index is 6.17. The van der Waals surface area contributed by atoms with Crippen molar-refractivity contribution in [1.82, 2.24) is 34.9 Å². The van der Waals surface area contributed by atoms with E-state index in [9.17, 15) is 0 Å². The molecule has 9 nitrogen and oxygen atoms in total. The lowest BCUT2D eigenvalue weighted by Gasteiger charge is -2.32. The van der Waals surface area contributed by atoms with E-state index in [1.54, 1.807) is 11.6 Å². The van der Waals surface area contributed by atoms with Gasteiger partial charge in [0.1, 0.15) is 17.1 Å². The van der Waals surface area contributed by atoms with Crippen LogP contribution in [0, 0.1) is 0 Å². The Labute approximate surface area is 172 Å². The summed E-state index contributed by atoms with van der Waals surface area (Å²) in [5.74, 6) is 3.37. The standard InChI is InChI=1S/C21H22N8O/c1-30-16-4-2-3-14-17(16)26-21(22)29-20(14)27-19(28-29)12-7-11(8-12)18-24-10-13-9-23-6-5-15(13)25-18/h2-4,10-12,23H,5-9H2,1H3,(H2,22,26). The van der Waals surface area contributed by atoms with Gasteiger partial charge in [0.25, 0.3) is 0 Å². The smallest absolute Gasteiger partial charge is 0.223 e. The lowest BCUT2D eigenvalue weighted by Crippen LogP contribution is -2.27. The number of rotatable bonds is 3. The molecular weight excluding hydrogens is 380 g/mol. The monoisotopic (exact) mass is 402 g/mol. The summed E-state index contributed by atoms with van der Waals surface area (Å²) >= 11 is 0. The van der Waals surface area contributed by atoms with E-state index in [0.29, 0.717) is 28.8 Å². The van der Waals surface area contributed by atoms with Gasteiger partial charge in [-0.25, -0.2) is 19.9 Å². The van der Waals surface area contributed by atoms with Gasteiger partial charge in [0.2, 0.25) is 5.95 Å². The van der Waals surface area contributed by atoms with Crippen LogP contribution in [0.3, 0.4) is 0 Å². The number of nitrogens with two attached hydrogens (primary N) is 1. The number of fused-ring (bicyclic) bond motifs is 4. The van der Waals surface area contributed by atoms with Gasteiger partial charge in [0, 0.05) is 54.2 Å². The summed E-state index contributed by atoms with van der Waals surface area (Å²) < 4.78 is 7.06. The molecule has 30 heavy (non-hydrogen) atoms. The third kappa shape index (κ3) is 2.62. The first-order valence-corrected chi connectivity index (χ1v) is 10.3. The molecule has 0 amide bonds. The highest BCUT2D eigenvalue weighted by atomic mass is 16.5. The van der Waals surface area contributed by atoms with Gasteiger partial charge in [0.15, 0.2) is 11.5 Å². The molecule has 1 aliphatic heterocycles. The summed E-state index contributed by atoms with van der Waals surface area (Å²) in [4.78, 5) is 18.8. The summed E-state index contributed by atoms with van der Waals surface area (Å²) in [7, 11) is 1.62. The topological polar surface area (TPSA) is 116 Å². The van der Waals surface area contributed by atoms with Crippen molar-refractivity contribution < 1.29 is 4.74 Å². The van der Waals surface area contributed by atoms with E-state index in [1.165, 1.54) is 11.3 Å². The van der Waals surface area contributed by atoms with E-state index in [-0.39, 0.29) is 5.92 Å². The summed E-state index contributed by atoms with van der Waals surface area (Å²) in [5, 5.41) is 8.91. The number of aromatic nitrogens is 6. The normalized spacial score (nSPS) is 20.8. The molecule has 6 rings (SSSR count). The quantitative estimate of drug-likeness (QED) is 0.534. The number of hydrogen-bond acceptors (Lipinski definition) is 8. The molecule has 0 radical (unpaired) electrons. The average Bonchev–Trinajstić information content (AvgIpc) is 3.18. The molecule has 0 saturated heterocycles. The Bertz CT molecular complexity index is 1280. The zero-order chi connectivity index (χ0) is 20.2. The summed E-state index contributed by atoms with van der Waals surface area (Å²) in [6, 6.07) is 5.76. The first-order valence-electron chi connectivity index (χ1n) is 10.3. The molecule has 4 aromatic rings. The molecule has 4 heterocycles. The van der Waals surface area contributed by atoms with Crippen LogP contribution in [0.1, 0.15) is 47.6 Å². The number of nitrogens with zero attached hydrogens (tertiary/aromatic N) is 6. The number of ether oxygens (including phenoxy) is 1. The average molecular weight is 402 g/mol. The largest absolute Gasteiger partial charge is 0.494 e. The Morgan fingerprint density at radius 3 is 2.87 bits per heavy atom. The third-order valence-electron chi connectivity index (χ3n) is 6.22. The van der Waals surface area contributed by atoms with Crippen LogP contribution in [0.5, 0.6) is 5.75 Å². The van der Waals surface area contributed by atoms with Crippen LogP contribution in [-0.4, -0.2) is 43.2 Å². The molecule has 152 valence electrons. The number of hydrogen-bond donors (Lipinski definition) is 2. The fraction of sp³-hybridized carbons (Fsp3) is 0.381. The van der Waals surface area contributed by atoms with Crippen molar-refractivity contribution in [2.75, 3.05) is 19.4 Å². The fourth-order valence-corrected chi connectivity index (χ4v) is 4.47. The first kappa shape index (κ1) is 17.5. The van der Waals surface area contributed by atoms with Crippen LogP contribution < -0.4 is 15.8 Å². The van der Waals surface area contributed by atoms with Gasteiger partial charge in [-0.15, -0.1) is 5.10 Å². The molecule has 0 unspecified atom stereocenters. The lowest BCUT2D eigenvalue weighted by atomic mass is 9.74. The van der Waals surface area contributed by atoms with Crippen LogP contribution in [-0.2, 0) is 13.0 Å². The van der Waals surface area contributed by atoms with Crippen molar-refractivity contribution in [1.29, 1.82) is 0 Å². The zero-order valence-electron chi connectivity index (χ0n) is 16.7. The predicted molar refractivity (Wildman–Crippen MR) is 111 cm³/mol. The van der Waals surface area contributed by atoms with Gasteiger partial charge in [0.05, 0.1) is 7.11 Å². The van der Waals surface area contributed by atoms with Gasteiger partial charge in [-0.2, -0.15) is 4.52 Å². The summed E-state index contributed by atoms with van der Waals surface area (Å²) in [6.07, 6.45) is 4.84. The number of nitrogens with one attached hydrogen (secondary N) is 1. The van der Waals surface area contributed by atoms with Crippen LogP contribution in [0.4, 0.5) is 5.95 Å². The minimum atomic E-state index is 0.274. The highest BCUT2D eigenvalue weighted by molar-refractivity contribution is 5.95. The Balaban J connectivity index is 1.30. The summed E-state index contributed by atoms with van der Waals surface area (Å²) in [5.41, 5.74) is 9.99. The van der Waals surface area contributed by atoms with E-state index < -0.39 is 0 Å². The second-order valence-electron chi connectivity index (χ2n) is 8.02. The number of methoxy groups -OCH3 is 1. The molecule has 3 aromatic heterocycles. The minimum absolute atomic E-state index is 0.274. The molecule has 0 bridgehead atoms. The molecule has 0 atom stereocenters. The highest BCUT2D eigenvalue weighted by Crippen LogP contribution is 2.46. The van der Waals surface area contributed by atoms with Gasteiger partial charge in [-0.3, -0.25) is 0 Å². The van der Waals surface area contributed by atoms with Gasteiger partial charge >= 0.3 is 0 Å². The van der Waals surface area contributed by atoms with Crippen LogP contribution in [0.15, 0.2) is 24.4 Å². The van der Waals surface area contributed by atoms with Crippen molar-refractivity contribution in [3.63, 3.8) is 0 Å². The van der Waals surface area contributed by atoms with E-state index in [4.69, 9.17) is 20.4 Å². The summed E-state index contributed by atoms with van der Waals surface area (Å²) in [6.45, 7) is 1.85. The van der Waals surface area contributed by atoms with Crippen molar-refractivity contribution in [2.45, 2.75) is 37.6 Å². The molecule has 1 saturated carbocycles. The Kier molecular flexibility index (Phi) is 3.85. The molecule has 0 spiro atoms. The second-order valence-corrected chi connectivity index (χ2v) is 8.02. The Morgan fingerprint density at radius 2 is 2.00 bits per heavy atom. The molecule has 9 heteroatoms. The van der Waals surface area contributed by atoms with E-state index in [0.717, 1.165) is 49.4 Å². The maximum Gasteiger partial charge on any atom is 0.223 e. The number of anilines is 1. The second kappa shape index (κ2) is 6.60. The van der Waals surface area contributed by atoms with Crippen molar-refractivity contribution in [2.24, 2.45) is 0 Å². The fourth-order valence-electron chi connectivity index (χ4n) is 4.47. The SMILES string of the molecule is COc1cccc2c1nc(N)n1nc(C3CC(c4ncc5c(n4)CCNC5)C3)nc21. The first-order chi connectivity index (χ1) is 14.7. The van der Waals surface area contributed by atoms with E-state index in [1.807, 2.05) is 24.4 Å². The third-order valence-corrected chi connectivity index (χ3v) is 6.22. The molecule has 1 aromatic carbocycles. The molecule has 3 N–H and O–H groups in total. The van der Waals surface area contributed by atoms with Gasteiger partial charge in [-0.05, 0) is 25.0 Å². The van der Waals surface area contributed by atoms with Crippen molar-refractivity contribution in [3.8, 4) is 5.75 Å². The zero-order valence-corrected chi connectivity index (χ0v) is 16.7. The minimum Gasteiger partial charge on any atom is -0.494 e. The van der Waals surface area contributed by atoms with Crippen molar-refractivity contribution >= 4 is 22.5 Å². The van der Waals surface area contributed by atoms with Crippen LogP contribution in [0.2, 0.25) is 0 Å². The number of nitrogen functional groups attached to an aromatic ring is 1. The Hall–Kier alpha value is -3.33. The van der Waals surface area contributed by atoms with Gasteiger partial charge in [-0.1, -0.05) is 6.07 Å². The van der Waals surface area contributed by atoms with Crippen LogP contribution in [0.25, 0.3) is 16.6 Å². The highest BCUT2D eigenvalue weighted by Gasteiger charge is 2.36. The van der Waals surface area contributed by atoms with E-state index >= 15 is 0 Å².